The van der Waals surface area contributed by atoms with E-state index >= 15 is 0 Å². The molecule has 0 radical (unpaired) electrons. The summed E-state index contributed by atoms with van der Waals surface area (Å²) < 4.78 is 32.0. The van der Waals surface area contributed by atoms with E-state index in [1.807, 2.05) is 0 Å². The average molecular weight is 290 g/mol. The van der Waals surface area contributed by atoms with Crippen LogP contribution in [0.15, 0.2) is 16.3 Å². The molecule has 5 nitrogen and oxygen atoms in total. The first-order valence-electron chi connectivity index (χ1n) is 5.98. The first-order chi connectivity index (χ1) is 8.62. The molecule has 0 bridgehead atoms. The lowest BCUT2D eigenvalue weighted by molar-refractivity contribution is 0.129. The van der Waals surface area contributed by atoms with Gasteiger partial charge in [0.05, 0.1) is 6.61 Å². The Bertz CT molecular complexity index is 480. The summed E-state index contributed by atoms with van der Waals surface area (Å²) in [6.45, 7) is 1.85. The van der Waals surface area contributed by atoms with Crippen molar-refractivity contribution in [2.75, 3.05) is 19.8 Å². The van der Waals surface area contributed by atoms with Gasteiger partial charge >= 0.3 is 0 Å². The predicted molar refractivity (Wildman–Crippen MR) is 70.9 cm³/mol. The van der Waals surface area contributed by atoms with Crippen LogP contribution in [0.25, 0.3) is 0 Å². The van der Waals surface area contributed by atoms with Crippen LogP contribution in [0.2, 0.25) is 0 Å². The number of hydrogen-bond donors (Lipinski definition) is 2. The standard InChI is InChI=1S/C11H18N2O3S2/c12-7-10-3-4-11(17-10)18(14,15)13-5-6-16-8-9-1-2-9/h3-4,9,13H,1-2,5-8,12H2. The fourth-order valence-electron chi connectivity index (χ4n) is 1.47. The molecule has 0 spiro atoms. The van der Waals surface area contributed by atoms with Crippen molar-refractivity contribution in [2.24, 2.45) is 11.7 Å². The van der Waals surface area contributed by atoms with Gasteiger partial charge in [0, 0.05) is 24.6 Å². The largest absolute Gasteiger partial charge is 0.380 e. The SMILES string of the molecule is NCc1ccc(S(=O)(=O)NCCOCC2CC2)s1. The second-order valence-corrected chi connectivity index (χ2v) is 7.50. The van der Waals surface area contributed by atoms with Crippen LogP contribution in [0.3, 0.4) is 0 Å². The van der Waals surface area contributed by atoms with Gasteiger partial charge in [-0.05, 0) is 30.9 Å². The molecule has 1 aromatic rings. The van der Waals surface area contributed by atoms with Gasteiger partial charge in [-0.25, -0.2) is 13.1 Å². The number of thiophene rings is 1. The topological polar surface area (TPSA) is 81.4 Å². The summed E-state index contributed by atoms with van der Waals surface area (Å²) in [5.41, 5.74) is 5.46. The molecule has 0 aromatic carbocycles. The highest BCUT2D eigenvalue weighted by atomic mass is 32.2. The first-order valence-corrected chi connectivity index (χ1v) is 8.28. The molecule has 2 rings (SSSR count). The molecule has 0 saturated heterocycles. The minimum atomic E-state index is -3.40. The van der Waals surface area contributed by atoms with Gasteiger partial charge in [-0.15, -0.1) is 11.3 Å². The average Bonchev–Trinajstić information content (AvgIpc) is 3.03. The number of hydrogen-bond acceptors (Lipinski definition) is 5. The molecular weight excluding hydrogens is 272 g/mol. The lowest BCUT2D eigenvalue weighted by Crippen LogP contribution is -2.27. The molecule has 102 valence electrons. The maximum absolute atomic E-state index is 11.9. The summed E-state index contributed by atoms with van der Waals surface area (Å²) in [6, 6.07) is 3.32. The van der Waals surface area contributed by atoms with Crippen molar-refractivity contribution in [1.29, 1.82) is 0 Å². The molecule has 0 unspecified atom stereocenters. The second-order valence-electron chi connectivity index (χ2n) is 4.34. The lowest BCUT2D eigenvalue weighted by Gasteiger charge is -2.05. The van der Waals surface area contributed by atoms with E-state index in [0.29, 0.717) is 29.8 Å². The summed E-state index contributed by atoms with van der Waals surface area (Å²) in [5, 5.41) is 0. The van der Waals surface area contributed by atoms with Gasteiger partial charge < -0.3 is 10.5 Å². The summed E-state index contributed by atoms with van der Waals surface area (Å²) in [4.78, 5) is 0.861. The van der Waals surface area contributed by atoms with Gasteiger partial charge in [-0.3, -0.25) is 0 Å². The Morgan fingerprint density at radius 1 is 1.44 bits per heavy atom. The Labute approximate surface area is 111 Å². The van der Waals surface area contributed by atoms with E-state index in [1.54, 1.807) is 12.1 Å². The van der Waals surface area contributed by atoms with E-state index in [2.05, 4.69) is 4.72 Å². The number of nitrogens with two attached hydrogens (primary N) is 1. The van der Waals surface area contributed by atoms with Crippen LogP contribution < -0.4 is 10.5 Å². The van der Waals surface area contributed by atoms with Crippen LogP contribution in [0.5, 0.6) is 0 Å². The summed E-state index contributed by atoms with van der Waals surface area (Å²) >= 11 is 1.20. The van der Waals surface area contributed by atoms with Crippen LogP contribution in [0.1, 0.15) is 17.7 Å². The Hall–Kier alpha value is -0.470. The lowest BCUT2D eigenvalue weighted by atomic mass is 10.5. The summed E-state index contributed by atoms with van der Waals surface area (Å²) in [6.07, 6.45) is 2.48. The van der Waals surface area contributed by atoms with Gasteiger partial charge in [-0.2, -0.15) is 0 Å². The molecule has 1 saturated carbocycles. The van der Waals surface area contributed by atoms with Crippen molar-refractivity contribution in [1.82, 2.24) is 4.72 Å². The van der Waals surface area contributed by atoms with E-state index in [1.165, 1.54) is 24.2 Å². The van der Waals surface area contributed by atoms with Gasteiger partial charge in [0.2, 0.25) is 10.0 Å². The van der Waals surface area contributed by atoms with Crippen LogP contribution >= 0.6 is 11.3 Å². The zero-order chi connectivity index (χ0) is 13.0. The van der Waals surface area contributed by atoms with Crippen molar-refractivity contribution in [2.45, 2.75) is 23.6 Å². The third-order valence-corrected chi connectivity index (χ3v) is 5.75. The van der Waals surface area contributed by atoms with Crippen molar-refractivity contribution >= 4 is 21.4 Å². The molecule has 1 aliphatic carbocycles. The molecule has 1 fully saturated rings. The molecule has 18 heavy (non-hydrogen) atoms. The van der Waals surface area contributed by atoms with E-state index in [4.69, 9.17) is 10.5 Å². The predicted octanol–water partition coefficient (Wildman–Crippen LogP) is 0.912. The molecule has 3 N–H and O–H groups in total. The highest BCUT2D eigenvalue weighted by Crippen LogP contribution is 2.28. The Morgan fingerprint density at radius 2 is 2.22 bits per heavy atom. The monoisotopic (exact) mass is 290 g/mol. The number of ether oxygens (including phenoxy) is 1. The Morgan fingerprint density at radius 3 is 2.83 bits per heavy atom. The summed E-state index contributed by atoms with van der Waals surface area (Å²) in [5.74, 6) is 0.700. The number of nitrogens with one attached hydrogen (secondary N) is 1. The first kappa shape index (κ1) is 14.0. The summed E-state index contributed by atoms with van der Waals surface area (Å²) in [7, 11) is -3.40. The Balaban J connectivity index is 1.75. The normalized spacial score (nSPS) is 16.1. The fourth-order valence-corrected chi connectivity index (χ4v) is 3.76. The maximum atomic E-state index is 11.9. The van der Waals surface area contributed by atoms with Crippen molar-refractivity contribution in [3.63, 3.8) is 0 Å². The molecule has 0 aliphatic heterocycles. The molecule has 0 amide bonds. The van der Waals surface area contributed by atoms with Crippen LogP contribution in [0.4, 0.5) is 0 Å². The minimum Gasteiger partial charge on any atom is -0.380 e. The third-order valence-electron chi connectivity index (χ3n) is 2.69. The molecule has 7 heteroatoms. The zero-order valence-electron chi connectivity index (χ0n) is 10.1. The minimum absolute atomic E-state index is 0.310. The van der Waals surface area contributed by atoms with Crippen molar-refractivity contribution in [3.8, 4) is 0 Å². The third kappa shape index (κ3) is 4.03. The van der Waals surface area contributed by atoms with Gasteiger partial charge in [-0.1, -0.05) is 0 Å². The molecular formula is C11H18N2O3S2. The Kier molecular flexibility index (Phi) is 4.74. The highest BCUT2D eigenvalue weighted by Gasteiger charge is 2.21. The highest BCUT2D eigenvalue weighted by molar-refractivity contribution is 7.91. The van der Waals surface area contributed by atoms with E-state index in [9.17, 15) is 8.42 Å². The van der Waals surface area contributed by atoms with E-state index in [-0.39, 0.29) is 0 Å². The van der Waals surface area contributed by atoms with Crippen molar-refractivity contribution < 1.29 is 13.2 Å². The van der Waals surface area contributed by atoms with Crippen LogP contribution in [-0.2, 0) is 21.3 Å². The van der Waals surface area contributed by atoms with Gasteiger partial charge in [0.15, 0.2) is 0 Å². The molecule has 0 atom stereocenters. The van der Waals surface area contributed by atoms with Crippen molar-refractivity contribution in [3.05, 3.63) is 17.0 Å². The van der Waals surface area contributed by atoms with Gasteiger partial charge in [0.25, 0.3) is 0 Å². The fraction of sp³-hybridized carbons (Fsp3) is 0.636. The second kappa shape index (κ2) is 6.12. The quantitative estimate of drug-likeness (QED) is 0.697. The van der Waals surface area contributed by atoms with E-state index in [0.717, 1.165) is 11.5 Å². The zero-order valence-corrected chi connectivity index (χ0v) is 11.7. The van der Waals surface area contributed by atoms with Gasteiger partial charge in [0.1, 0.15) is 4.21 Å². The smallest absolute Gasteiger partial charge is 0.250 e. The van der Waals surface area contributed by atoms with Crippen LogP contribution in [-0.4, -0.2) is 28.2 Å². The maximum Gasteiger partial charge on any atom is 0.250 e. The van der Waals surface area contributed by atoms with Crippen LogP contribution in [0, 0.1) is 5.92 Å². The molecule has 1 heterocycles. The number of rotatable bonds is 8. The van der Waals surface area contributed by atoms with E-state index < -0.39 is 10.0 Å². The molecule has 1 aromatic heterocycles. The molecule has 1 aliphatic rings. The number of sulfonamides is 1.